The number of carbonyl (C=O) groups excluding carboxylic acids is 2. The first-order valence-corrected chi connectivity index (χ1v) is 13.7. The summed E-state index contributed by atoms with van der Waals surface area (Å²) in [5.41, 5.74) is 1.71. The van der Waals surface area contributed by atoms with Gasteiger partial charge in [-0.15, -0.1) is 0 Å². The Morgan fingerprint density at radius 2 is 1.54 bits per heavy atom. The van der Waals surface area contributed by atoms with Crippen molar-refractivity contribution < 1.29 is 22.4 Å². The van der Waals surface area contributed by atoms with Crippen LogP contribution in [0.2, 0.25) is 0 Å². The van der Waals surface area contributed by atoms with Crippen molar-refractivity contribution in [2.75, 3.05) is 31.1 Å². The number of amides is 2. The number of fused-ring (bicyclic) bond motifs is 1. The van der Waals surface area contributed by atoms with Crippen molar-refractivity contribution in [2.45, 2.75) is 44.0 Å². The molecule has 1 aliphatic carbocycles. The molecule has 0 radical (unpaired) electrons. The second-order valence-electron chi connectivity index (χ2n) is 9.70. The Bertz CT molecular complexity index is 1230. The van der Waals surface area contributed by atoms with Crippen LogP contribution in [0, 0.1) is 24.6 Å². The number of halogens is 1. The van der Waals surface area contributed by atoms with Gasteiger partial charge in [0, 0.05) is 26.2 Å². The van der Waals surface area contributed by atoms with E-state index < -0.39 is 10.0 Å². The first kappa shape index (κ1) is 23.9. The number of aryl methyl sites for hydroxylation is 1. The predicted octanol–water partition coefficient (Wildman–Crippen LogP) is 3.32. The van der Waals surface area contributed by atoms with Gasteiger partial charge < -0.3 is 4.90 Å². The van der Waals surface area contributed by atoms with E-state index in [1.54, 1.807) is 43.3 Å². The third-order valence-corrected chi connectivity index (χ3v) is 9.62. The van der Waals surface area contributed by atoms with Gasteiger partial charge in [0.1, 0.15) is 5.82 Å². The third kappa shape index (κ3) is 4.36. The maximum atomic E-state index is 14.2. The molecule has 35 heavy (non-hydrogen) atoms. The molecule has 2 atom stereocenters. The largest absolute Gasteiger partial charge is 0.367 e. The summed E-state index contributed by atoms with van der Waals surface area (Å²) in [6, 6.07) is 11.6. The number of hydrogen-bond donors (Lipinski definition) is 0. The van der Waals surface area contributed by atoms with Crippen molar-refractivity contribution >= 4 is 27.5 Å². The Labute approximate surface area is 205 Å². The van der Waals surface area contributed by atoms with Crippen molar-refractivity contribution in [1.82, 2.24) is 9.21 Å². The van der Waals surface area contributed by atoms with Crippen LogP contribution in [-0.2, 0) is 26.2 Å². The number of rotatable bonds is 5. The van der Waals surface area contributed by atoms with Crippen LogP contribution < -0.4 is 4.90 Å². The molecule has 2 heterocycles. The van der Waals surface area contributed by atoms with Gasteiger partial charge in [0.15, 0.2) is 0 Å². The number of hydrogen-bond acceptors (Lipinski definition) is 5. The molecule has 2 aliphatic heterocycles. The zero-order valence-corrected chi connectivity index (χ0v) is 20.6. The van der Waals surface area contributed by atoms with Crippen LogP contribution in [0.5, 0.6) is 0 Å². The Morgan fingerprint density at radius 3 is 2.17 bits per heavy atom. The molecular formula is C26H30FN3O4S. The van der Waals surface area contributed by atoms with Gasteiger partial charge in [-0.05, 0) is 49.1 Å². The van der Waals surface area contributed by atoms with Crippen LogP contribution in [0.4, 0.5) is 10.1 Å². The normalized spacial score (nSPS) is 23.6. The van der Waals surface area contributed by atoms with Gasteiger partial charge in [0.25, 0.3) is 0 Å². The average Bonchev–Trinajstić information content (AvgIpc) is 3.10. The van der Waals surface area contributed by atoms with E-state index in [1.165, 1.54) is 15.3 Å². The molecule has 2 amide bonds. The van der Waals surface area contributed by atoms with Crippen LogP contribution >= 0.6 is 0 Å². The number of nitrogens with zero attached hydrogens (tertiary/aromatic N) is 3. The van der Waals surface area contributed by atoms with E-state index in [4.69, 9.17) is 0 Å². The summed E-state index contributed by atoms with van der Waals surface area (Å²) in [7, 11) is -3.79. The number of para-hydroxylation sites is 1. The molecular weight excluding hydrogens is 469 g/mol. The van der Waals surface area contributed by atoms with Crippen molar-refractivity contribution in [3.05, 3.63) is 59.4 Å². The molecule has 186 valence electrons. The molecule has 0 spiro atoms. The minimum atomic E-state index is -3.79. The lowest BCUT2D eigenvalue weighted by Gasteiger charge is -2.35. The molecule has 7 nitrogen and oxygen atoms in total. The Kier molecular flexibility index (Phi) is 6.40. The quantitative estimate of drug-likeness (QED) is 0.590. The second-order valence-corrected chi connectivity index (χ2v) is 11.6. The highest BCUT2D eigenvalue weighted by Crippen LogP contribution is 2.38. The monoisotopic (exact) mass is 499 g/mol. The van der Waals surface area contributed by atoms with Crippen molar-refractivity contribution in [2.24, 2.45) is 11.8 Å². The van der Waals surface area contributed by atoms with E-state index >= 15 is 0 Å². The van der Waals surface area contributed by atoms with Crippen LogP contribution in [0.3, 0.4) is 0 Å². The average molecular weight is 500 g/mol. The van der Waals surface area contributed by atoms with Crippen molar-refractivity contribution in [3.8, 4) is 0 Å². The molecule has 1 saturated carbocycles. The van der Waals surface area contributed by atoms with E-state index in [0.717, 1.165) is 25.7 Å². The van der Waals surface area contributed by atoms with Gasteiger partial charge in [-0.1, -0.05) is 37.1 Å². The van der Waals surface area contributed by atoms with Crippen LogP contribution in [-0.4, -0.2) is 55.6 Å². The number of anilines is 1. The van der Waals surface area contributed by atoms with Crippen molar-refractivity contribution in [3.63, 3.8) is 0 Å². The highest BCUT2D eigenvalue weighted by Gasteiger charge is 2.48. The third-order valence-electron chi connectivity index (χ3n) is 7.58. The molecule has 9 heteroatoms. The van der Waals surface area contributed by atoms with Gasteiger partial charge in [-0.2, -0.15) is 4.31 Å². The Morgan fingerprint density at radius 1 is 0.914 bits per heavy atom. The predicted molar refractivity (Wildman–Crippen MR) is 130 cm³/mol. The van der Waals surface area contributed by atoms with Gasteiger partial charge in [0.2, 0.25) is 21.8 Å². The molecule has 0 aromatic heterocycles. The zero-order chi connectivity index (χ0) is 24.7. The van der Waals surface area contributed by atoms with E-state index in [-0.39, 0.29) is 54.0 Å². The van der Waals surface area contributed by atoms with E-state index in [9.17, 15) is 22.4 Å². The highest BCUT2D eigenvalue weighted by atomic mass is 32.2. The first-order chi connectivity index (χ1) is 16.8. The van der Waals surface area contributed by atoms with Gasteiger partial charge in [-0.25, -0.2) is 12.8 Å². The van der Waals surface area contributed by atoms with Crippen LogP contribution in [0.1, 0.15) is 36.8 Å². The Hall–Kier alpha value is -2.78. The summed E-state index contributed by atoms with van der Waals surface area (Å²) in [5.74, 6) is -1.03. The molecule has 0 N–H and O–H groups in total. The Balaban J connectivity index is 1.32. The fourth-order valence-electron chi connectivity index (χ4n) is 5.61. The number of sulfonamides is 1. The summed E-state index contributed by atoms with van der Waals surface area (Å²) < 4.78 is 42.6. The number of benzene rings is 2. The maximum Gasteiger partial charge on any atom is 0.243 e. The second kappa shape index (κ2) is 9.35. The minimum absolute atomic E-state index is 0.0918. The van der Waals surface area contributed by atoms with Crippen molar-refractivity contribution in [1.29, 1.82) is 0 Å². The number of likely N-dealkylation sites (tertiary alicyclic amines) is 1. The first-order valence-electron chi connectivity index (χ1n) is 12.2. The van der Waals surface area contributed by atoms with Gasteiger partial charge >= 0.3 is 0 Å². The fourth-order valence-corrected chi connectivity index (χ4v) is 7.30. The minimum Gasteiger partial charge on any atom is -0.367 e. The number of piperazine rings is 1. The SMILES string of the molecule is Cc1ccc(CN2C(=O)[C@@H]3CCCC[C@H]3C2=O)cc1S(=O)(=O)N1CCN(c2ccccc2F)CC1. The number of carbonyl (C=O) groups is 2. The molecule has 3 aliphatic rings. The molecule has 2 saturated heterocycles. The molecule has 5 rings (SSSR count). The van der Waals surface area contributed by atoms with Crippen LogP contribution in [0.25, 0.3) is 0 Å². The summed E-state index contributed by atoms with van der Waals surface area (Å²) in [5, 5.41) is 0. The number of imide groups is 1. The van der Waals surface area contributed by atoms with Gasteiger partial charge in [-0.3, -0.25) is 14.5 Å². The molecule has 3 fully saturated rings. The maximum absolute atomic E-state index is 14.2. The zero-order valence-electron chi connectivity index (χ0n) is 19.8. The molecule has 2 aromatic rings. The molecule has 2 aromatic carbocycles. The lowest BCUT2D eigenvalue weighted by atomic mass is 9.81. The summed E-state index contributed by atoms with van der Waals surface area (Å²) in [6.07, 6.45) is 3.42. The lowest BCUT2D eigenvalue weighted by molar-refractivity contribution is -0.140. The van der Waals surface area contributed by atoms with E-state index in [1.807, 2.05) is 4.90 Å². The fraction of sp³-hybridized carbons (Fsp3) is 0.462. The standard InChI is InChI=1S/C26H30FN3O4S/c1-18-10-11-19(17-30-25(31)20-6-2-3-7-21(20)26(30)32)16-24(18)35(33,34)29-14-12-28(13-15-29)23-9-5-4-8-22(23)27/h4-5,8-11,16,20-21H,2-3,6-7,12-15,17H2,1H3/t20-,21-/m1/s1. The van der Waals surface area contributed by atoms with E-state index in [0.29, 0.717) is 29.9 Å². The van der Waals surface area contributed by atoms with Gasteiger partial charge in [0.05, 0.1) is 29.0 Å². The topological polar surface area (TPSA) is 78.0 Å². The summed E-state index contributed by atoms with van der Waals surface area (Å²) in [4.78, 5) is 29.1. The lowest BCUT2D eigenvalue weighted by Crippen LogP contribution is -2.49. The highest BCUT2D eigenvalue weighted by molar-refractivity contribution is 7.89. The summed E-state index contributed by atoms with van der Waals surface area (Å²) in [6.45, 7) is 3.10. The summed E-state index contributed by atoms with van der Waals surface area (Å²) >= 11 is 0. The smallest absolute Gasteiger partial charge is 0.243 e. The molecule has 0 bridgehead atoms. The van der Waals surface area contributed by atoms with Crippen LogP contribution in [0.15, 0.2) is 47.4 Å². The molecule has 0 unspecified atom stereocenters. The van der Waals surface area contributed by atoms with E-state index in [2.05, 4.69) is 0 Å².